The molecule has 0 aromatic rings. The topological polar surface area (TPSA) is 47.6 Å². The van der Waals surface area contributed by atoms with Gasteiger partial charge in [-0.3, -0.25) is 0 Å². The van der Waals surface area contributed by atoms with Gasteiger partial charge in [0.25, 0.3) is 0 Å². The molecule has 0 spiro atoms. The van der Waals surface area contributed by atoms with Gasteiger partial charge in [0, 0.05) is 0 Å². The number of oxime groups is 1. The summed E-state index contributed by atoms with van der Waals surface area (Å²) < 4.78 is 0. The summed E-state index contributed by atoms with van der Waals surface area (Å²) in [4.78, 5) is 4.56. The van der Waals surface area contributed by atoms with Crippen molar-refractivity contribution in [2.24, 2.45) is 10.9 Å². The Bertz CT molecular complexity index is 84.1. The van der Waals surface area contributed by atoms with Gasteiger partial charge in [-0.1, -0.05) is 5.16 Å². The third kappa shape index (κ3) is 3.74. The predicted octanol–water partition coefficient (Wildman–Crippen LogP) is 0.534. The second-order valence-corrected chi connectivity index (χ2v) is 1.40. The SMILES string of the molecule is CCON=C(N)CCl. The molecule has 0 aliphatic rings. The first-order valence-electron chi connectivity index (χ1n) is 2.31. The summed E-state index contributed by atoms with van der Waals surface area (Å²) in [6.07, 6.45) is 0. The van der Waals surface area contributed by atoms with Gasteiger partial charge in [-0.25, -0.2) is 0 Å². The normalized spacial score (nSPS) is 11.5. The van der Waals surface area contributed by atoms with E-state index in [1.807, 2.05) is 6.92 Å². The lowest BCUT2D eigenvalue weighted by Gasteiger charge is -1.92. The molecule has 4 heteroatoms. The van der Waals surface area contributed by atoms with Gasteiger partial charge >= 0.3 is 0 Å². The van der Waals surface area contributed by atoms with Crippen LogP contribution in [0, 0.1) is 0 Å². The van der Waals surface area contributed by atoms with Crippen molar-refractivity contribution in [3.8, 4) is 0 Å². The van der Waals surface area contributed by atoms with Crippen LogP contribution in [0.15, 0.2) is 5.16 Å². The molecule has 0 atom stereocenters. The molecule has 8 heavy (non-hydrogen) atoms. The van der Waals surface area contributed by atoms with Gasteiger partial charge in [0.2, 0.25) is 0 Å². The average molecular weight is 137 g/mol. The van der Waals surface area contributed by atoms with Crippen LogP contribution >= 0.6 is 11.6 Å². The van der Waals surface area contributed by atoms with Gasteiger partial charge in [-0.15, -0.1) is 11.6 Å². The molecule has 3 nitrogen and oxygen atoms in total. The molecule has 0 aromatic heterocycles. The Labute approximate surface area is 53.4 Å². The highest BCUT2D eigenvalue weighted by atomic mass is 35.5. The minimum Gasteiger partial charge on any atom is -0.395 e. The minimum atomic E-state index is 0.222. The fourth-order valence-corrected chi connectivity index (χ4v) is 0.221. The van der Waals surface area contributed by atoms with Crippen molar-refractivity contribution in [2.75, 3.05) is 12.5 Å². The fraction of sp³-hybridized carbons (Fsp3) is 0.750. The number of rotatable bonds is 3. The van der Waals surface area contributed by atoms with E-state index in [1.165, 1.54) is 0 Å². The molecule has 0 unspecified atom stereocenters. The van der Waals surface area contributed by atoms with Crippen molar-refractivity contribution < 1.29 is 4.84 Å². The van der Waals surface area contributed by atoms with Crippen molar-refractivity contribution in [2.45, 2.75) is 6.92 Å². The largest absolute Gasteiger partial charge is 0.395 e. The van der Waals surface area contributed by atoms with E-state index in [-0.39, 0.29) is 5.88 Å². The molecule has 0 saturated carbocycles. The number of nitrogens with two attached hydrogens (primary N) is 1. The Kier molecular flexibility index (Phi) is 4.45. The Morgan fingerprint density at radius 2 is 2.50 bits per heavy atom. The van der Waals surface area contributed by atoms with E-state index >= 15 is 0 Å². The zero-order valence-corrected chi connectivity index (χ0v) is 5.48. The van der Waals surface area contributed by atoms with Crippen LogP contribution in [-0.2, 0) is 4.84 Å². The molecule has 2 N–H and O–H groups in total. The minimum absolute atomic E-state index is 0.222. The van der Waals surface area contributed by atoms with E-state index < -0.39 is 0 Å². The first-order valence-corrected chi connectivity index (χ1v) is 2.85. The summed E-state index contributed by atoms with van der Waals surface area (Å²) >= 11 is 5.25. The monoisotopic (exact) mass is 136 g/mol. The second kappa shape index (κ2) is 4.71. The summed E-state index contributed by atoms with van der Waals surface area (Å²) in [5.74, 6) is 0.536. The van der Waals surface area contributed by atoms with Crippen LogP contribution in [0.4, 0.5) is 0 Å². The molecule has 0 radical (unpaired) electrons. The van der Waals surface area contributed by atoms with Crippen LogP contribution in [0.25, 0.3) is 0 Å². The quantitative estimate of drug-likeness (QED) is 0.266. The molecule has 0 fully saturated rings. The molecular formula is C4H9ClN2O. The van der Waals surface area contributed by atoms with Gasteiger partial charge in [0.15, 0.2) is 5.84 Å². The molecule has 0 saturated heterocycles. The van der Waals surface area contributed by atoms with Crippen LogP contribution in [0.2, 0.25) is 0 Å². The number of hydrogen-bond donors (Lipinski definition) is 1. The Balaban J connectivity index is 3.26. The molecular weight excluding hydrogens is 128 g/mol. The summed E-state index contributed by atoms with van der Waals surface area (Å²) in [5.41, 5.74) is 5.15. The molecule has 0 rings (SSSR count). The summed E-state index contributed by atoms with van der Waals surface area (Å²) in [7, 11) is 0. The molecule has 0 aromatic carbocycles. The van der Waals surface area contributed by atoms with Gasteiger partial charge < -0.3 is 10.6 Å². The average Bonchev–Trinajstić information content (AvgIpc) is 1.83. The van der Waals surface area contributed by atoms with Crippen LogP contribution in [-0.4, -0.2) is 18.3 Å². The molecule has 0 aliphatic carbocycles. The summed E-state index contributed by atoms with van der Waals surface area (Å²) in [6.45, 7) is 2.35. The van der Waals surface area contributed by atoms with Crippen LogP contribution < -0.4 is 5.73 Å². The highest BCUT2D eigenvalue weighted by molar-refractivity contribution is 6.27. The van der Waals surface area contributed by atoms with E-state index in [9.17, 15) is 0 Å². The van der Waals surface area contributed by atoms with Gasteiger partial charge in [-0.2, -0.15) is 0 Å². The number of halogens is 1. The fourth-order valence-electron chi connectivity index (χ4n) is 0.172. The molecule has 0 bridgehead atoms. The highest BCUT2D eigenvalue weighted by Crippen LogP contribution is 1.77. The van der Waals surface area contributed by atoms with Crippen molar-refractivity contribution in [3.05, 3.63) is 0 Å². The van der Waals surface area contributed by atoms with Gasteiger partial charge in [-0.05, 0) is 6.92 Å². The van der Waals surface area contributed by atoms with Crippen LogP contribution in [0.3, 0.4) is 0 Å². The molecule has 0 amide bonds. The second-order valence-electron chi connectivity index (χ2n) is 1.13. The summed E-state index contributed by atoms with van der Waals surface area (Å²) in [6, 6.07) is 0. The number of nitrogens with zero attached hydrogens (tertiary/aromatic N) is 1. The molecule has 0 heterocycles. The maximum absolute atomic E-state index is 5.25. The van der Waals surface area contributed by atoms with E-state index in [0.717, 1.165) is 0 Å². The van der Waals surface area contributed by atoms with Crippen molar-refractivity contribution in [1.29, 1.82) is 0 Å². The van der Waals surface area contributed by atoms with E-state index in [1.54, 1.807) is 0 Å². The smallest absolute Gasteiger partial charge is 0.154 e. The first-order chi connectivity index (χ1) is 3.81. The molecule has 0 aliphatic heterocycles. The standard InChI is InChI=1S/C4H9ClN2O/c1-2-8-7-4(6)3-5/h2-3H2,1H3,(H2,6,7). The maximum atomic E-state index is 5.25. The predicted molar refractivity (Wildman–Crippen MR) is 34.0 cm³/mol. The maximum Gasteiger partial charge on any atom is 0.154 e. The van der Waals surface area contributed by atoms with Crippen molar-refractivity contribution in [1.82, 2.24) is 0 Å². The zero-order chi connectivity index (χ0) is 6.41. The number of alkyl halides is 1. The van der Waals surface area contributed by atoms with E-state index in [0.29, 0.717) is 12.4 Å². The van der Waals surface area contributed by atoms with Crippen LogP contribution in [0.1, 0.15) is 6.92 Å². The Morgan fingerprint density at radius 1 is 1.88 bits per heavy atom. The number of amidine groups is 1. The van der Waals surface area contributed by atoms with Crippen molar-refractivity contribution in [3.63, 3.8) is 0 Å². The third-order valence-corrected chi connectivity index (χ3v) is 0.722. The number of hydrogen-bond acceptors (Lipinski definition) is 2. The van der Waals surface area contributed by atoms with Gasteiger partial charge in [0.05, 0.1) is 5.88 Å². The van der Waals surface area contributed by atoms with E-state index in [2.05, 4.69) is 9.99 Å². The lowest BCUT2D eigenvalue weighted by Crippen LogP contribution is -2.13. The first kappa shape index (κ1) is 7.56. The third-order valence-electron chi connectivity index (χ3n) is 0.448. The van der Waals surface area contributed by atoms with Crippen LogP contribution in [0.5, 0.6) is 0 Å². The highest BCUT2D eigenvalue weighted by Gasteiger charge is 1.84. The zero-order valence-electron chi connectivity index (χ0n) is 4.72. The lowest BCUT2D eigenvalue weighted by molar-refractivity contribution is 0.158. The van der Waals surface area contributed by atoms with Crippen molar-refractivity contribution >= 4 is 17.4 Å². The van der Waals surface area contributed by atoms with E-state index in [4.69, 9.17) is 17.3 Å². The Morgan fingerprint density at radius 3 is 2.88 bits per heavy atom. The Hall–Kier alpha value is -0.440. The lowest BCUT2D eigenvalue weighted by atomic mass is 10.7. The van der Waals surface area contributed by atoms with Gasteiger partial charge in [0.1, 0.15) is 6.61 Å². The summed E-state index contributed by atoms with van der Waals surface area (Å²) in [5, 5.41) is 3.42. The molecule has 48 valence electrons.